The SMILES string of the molecule is CC(C)Cc1nc(CN2CCCCC2C(=O)O)no1. The molecule has 106 valence electrons. The highest BCUT2D eigenvalue weighted by Gasteiger charge is 2.29. The van der Waals surface area contributed by atoms with Gasteiger partial charge in [-0.1, -0.05) is 25.4 Å². The predicted molar refractivity (Wildman–Crippen MR) is 68.5 cm³/mol. The van der Waals surface area contributed by atoms with Crippen LogP contribution in [0.4, 0.5) is 0 Å². The molecule has 2 heterocycles. The minimum absolute atomic E-state index is 0.416. The van der Waals surface area contributed by atoms with Crippen LogP contribution in [0.3, 0.4) is 0 Å². The summed E-state index contributed by atoms with van der Waals surface area (Å²) in [5.74, 6) is 0.929. The number of hydrogen-bond donors (Lipinski definition) is 1. The standard InChI is InChI=1S/C13H21N3O3/c1-9(2)7-12-14-11(15-19-12)8-16-6-4-3-5-10(16)13(17)18/h9-10H,3-8H2,1-2H3,(H,17,18). The maximum atomic E-state index is 11.2. The zero-order valence-electron chi connectivity index (χ0n) is 11.5. The van der Waals surface area contributed by atoms with Crippen molar-refractivity contribution < 1.29 is 14.4 Å². The fraction of sp³-hybridized carbons (Fsp3) is 0.769. The summed E-state index contributed by atoms with van der Waals surface area (Å²) in [5.41, 5.74) is 0. The third-order valence-electron chi connectivity index (χ3n) is 3.34. The van der Waals surface area contributed by atoms with Crippen LogP contribution in [0.1, 0.15) is 44.8 Å². The van der Waals surface area contributed by atoms with Crippen molar-refractivity contribution in [3.63, 3.8) is 0 Å². The zero-order chi connectivity index (χ0) is 13.8. The summed E-state index contributed by atoms with van der Waals surface area (Å²) in [4.78, 5) is 17.5. The number of aromatic nitrogens is 2. The molecule has 0 aliphatic carbocycles. The molecule has 1 N–H and O–H groups in total. The van der Waals surface area contributed by atoms with Gasteiger partial charge in [-0.15, -0.1) is 0 Å². The fourth-order valence-corrected chi connectivity index (χ4v) is 2.43. The van der Waals surface area contributed by atoms with Gasteiger partial charge in [-0.3, -0.25) is 9.69 Å². The van der Waals surface area contributed by atoms with Gasteiger partial charge in [0.2, 0.25) is 5.89 Å². The van der Waals surface area contributed by atoms with Gasteiger partial charge in [0.25, 0.3) is 0 Å². The van der Waals surface area contributed by atoms with Crippen molar-refractivity contribution >= 4 is 5.97 Å². The molecule has 1 saturated heterocycles. The lowest BCUT2D eigenvalue weighted by Gasteiger charge is -2.31. The molecule has 1 aliphatic rings. The minimum atomic E-state index is -0.759. The Balaban J connectivity index is 1.98. The molecular formula is C13H21N3O3. The highest BCUT2D eigenvalue weighted by Crippen LogP contribution is 2.19. The molecule has 1 atom stereocenters. The number of aliphatic carboxylic acids is 1. The van der Waals surface area contributed by atoms with Crippen LogP contribution < -0.4 is 0 Å². The van der Waals surface area contributed by atoms with Gasteiger partial charge in [0.15, 0.2) is 5.82 Å². The molecule has 1 aromatic rings. The van der Waals surface area contributed by atoms with Crippen LogP contribution in [0.15, 0.2) is 4.52 Å². The second kappa shape index (κ2) is 6.14. The van der Waals surface area contributed by atoms with Gasteiger partial charge in [0.1, 0.15) is 6.04 Å². The smallest absolute Gasteiger partial charge is 0.320 e. The highest BCUT2D eigenvalue weighted by atomic mass is 16.5. The first-order valence-electron chi connectivity index (χ1n) is 6.84. The van der Waals surface area contributed by atoms with Gasteiger partial charge in [0.05, 0.1) is 6.54 Å². The number of carboxylic acid groups (broad SMARTS) is 1. The molecule has 0 saturated carbocycles. The second-order valence-corrected chi connectivity index (χ2v) is 5.52. The molecule has 0 amide bonds. The number of nitrogens with zero attached hydrogens (tertiary/aromatic N) is 3. The lowest BCUT2D eigenvalue weighted by atomic mass is 10.0. The van der Waals surface area contributed by atoms with Crippen LogP contribution in [0.5, 0.6) is 0 Å². The number of carbonyl (C=O) groups is 1. The third kappa shape index (κ3) is 3.76. The average Bonchev–Trinajstić information content (AvgIpc) is 2.76. The first-order valence-corrected chi connectivity index (χ1v) is 6.84. The normalized spacial score (nSPS) is 20.9. The molecule has 1 aromatic heterocycles. The summed E-state index contributed by atoms with van der Waals surface area (Å²) in [6.07, 6.45) is 3.46. The van der Waals surface area contributed by atoms with Crippen molar-refractivity contribution in [2.45, 2.75) is 52.1 Å². The Kier molecular flexibility index (Phi) is 4.52. The topological polar surface area (TPSA) is 79.5 Å². The Bertz CT molecular complexity index is 431. The van der Waals surface area contributed by atoms with E-state index in [1.165, 1.54) is 0 Å². The van der Waals surface area contributed by atoms with Crippen LogP contribution in [-0.2, 0) is 17.8 Å². The summed E-state index contributed by atoms with van der Waals surface area (Å²) >= 11 is 0. The Hall–Kier alpha value is -1.43. The van der Waals surface area contributed by atoms with Crippen LogP contribution in [0.25, 0.3) is 0 Å². The molecule has 6 nitrogen and oxygen atoms in total. The number of rotatable bonds is 5. The second-order valence-electron chi connectivity index (χ2n) is 5.52. The van der Waals surface area contributed by atoms with Gasteiger partial charge in [-0.05, 0) is 25.3 Å². The summed E-state index contributed by atoms with van der Waals surface area (Å²) in [6, 6.07) is -0.416. The lowest BCUT2D eigenvalue weighted by molar-refractivity contribution is -0.144. The molecule has 0 radical (unpaired) electrons. The van der Waals surface area contributed by atoms with E-state index in [4.69, 9.17) is 4.52 Å². The van der Waals surface area contributed by atoms with E-state index >= 15 is 0 Å². The Labute approximate surface area is 112 Å². The highest BCUT2D eigenvalue weighted by molar-refractivity contribution is 5.73. The molecule has 1 fully saturated rings. The van der Waals surface area contributed by atoms with Gasteiger partial charge >= 0.3 is 5.97 Å². The van der Waals surface area contributed by atoms with E-state index < -0.39 is 12.0 Å². The van der Waals surface area contributed by atoms with Crippen LogP contribution in [0, 0.1) is 5.92 Å². The summed E-state index contributed by atoms with van der Waals surface area (Å²) in [7, 11) is 0. The van der Waals surface area contributed by atoms with E-state index in [0.717, 1.165) is 25.8 Å². The fourth-order valence-electron chi connectivity index (χ4n) is 2.43. The molecule has 0 spiro atoms. The summed E-state index contributed by atoms with van der Waals surface area (Å²) < 4.78 is 5.18. The molecular weight excluding hydrogens is 246 g/mol. The van der Waals surface area contributed by atoms with E-state index in [1.807, 2.05) is 4.90 Å². The zero-order valence-corrected chi connectivity index (χ0v) is 11.5. The predicted octanol–water partition coefficient (Wildman–Crippen LogP) is 1.71. The Morgan fingerprint density at radius 2 is 2.32 bits per heavy atom. The van der Waals surface area contributed by atoms with Gasteiger partial charge in [-0.25, -0.2) is 0 Å². The molecule has 0 bridgehead atoms. The van der Waals surface area contributed by atoms with Crippen LogP contribution in [-0.4, -0.2) is 38.7 Å². The van der Waals surface area contributed by atoms with Crippen molar-refractivity contribution in [3.05, 3.63) is 11.7 Å². The summed E-state index contributed by atoms with van der Waals surface area (Å²) in [5, 5.41) is 13.1. The van der Waals surface area contributed by atoms with Crippen molar-refractivity contribution in [1.29, 1.82) is 0 Å². The van der Waals surface area contributed by atoms with E-state index in [-0.39, 0.29) is 0 Å². The van der Waals surface area contributed by atoms with Gasteiger partial charge in [0, 0.05) is 6.42 Å². The molecule has 0 aromatic carbocycles. The van der Waals surface area contributed by atoms with E-state index in [1.54, 1.807) is 0 Å². The maximum Gasteiger partial charge on any atom is 0.320 e. The maximum absolute atomic E-state index is 11.2. The molecule has 2 rings (SSSR count). The van der Waals surface area contributed by atoms with E-state index in [9.17, 15) is 9.90 Å². The van der Waals surface area contributed by atoms with Crippen LogP contribution >= 0.6 is 0 Å². The summed E-state index contributed by atoms with van der Waals surface area (Å²) in [6.45, 7) is 5.42. The largest absolute Gasteiger partial charge is 0.480 e. The Morgan fingerprint density at radius 1 is 1.53 bits per heavy atom. The monoisotopic (exact) mass is 267 g/mol. The molecule has 1 aliphatic heterocycles. The quantitative estimate of drug-likeness (QED) is 0.874. The Morgan fingerprint density at radius 3 is 3.00 bits per heavy atom. The van der Waals surface area contributed by atoms with Crippen molar-refractivity contribution in [2.24, 2.45) is 5.92 Å². The molecule has 1 unspecified atom stereocenters. The lowest BCUT2D eigenvalue weighted by Crippen LogP contribution is -2.44. The molecule has 6 heteroatoms. The van der Waals surface area contributed by atoms with E-state index in [0.29, 0.717) is 30.6 Å². The number of likely N-dealkylation sites (tertiary alicyclic amines) is 1. The van der Waals surface area contributed by atoms with Crippen LogP contribution in [0.2, 0.25) is 0 Å². The van der Waals surface area contributed by atoms with Crippen molar-refractivity contribution in [3.8, 4) is 0 Å². The molecule has 19 heavy (non-hydrogen) atoms. The minimum Gasteiger partial charge on any atom is -0.480 e. The number of hydrogen-bond acceptors (Lipinski definition) is 5. The number of piperidine rings is 1. The van der Waals surface area contributed by atoms with Gasteiger partial charge in [-0.2, -0.15) is 4.98 Å². The van der Waals surface area contributed by atoms with Gasteiger partial charge < -0.3 is 9.63 Å². The van der Waals surface area contributed by atoms with E-state index in [2.05, 4.69) is 24.0 Å². The number of carboxylic acids is 1. The van der Waals surface area contributed by atoms with Crippen molar-refractivity contribution in [2.75, 3.05) is 6.54 Å². The first kappa shape index (κ1) is 14.0. The first-order chi connectivity index (χ1) is 9.06. The average molecular weight is 267 g/mol. The third-order valence-corrected chi connectivity index (χ3v) is 3.34. The van der Waals surface area contributed by atoms with Crippen molar-refractivity contribution in [1.82, 2.24) is 15.0 Å².